The molecule has 40 heavy (non-hydrogen) atoms. The molecular formula is C29H32F4N2O5. The summed E-state index contributed by atoms with van der Waals surface area (Å²) in [6.45, 7) is 0.592. The first-order valence-corrected chi connectivity index (χ1v) is 13.1. The van der Waals surface area contributed by atoms with E-state index in [4.69, 9.17) is 9.47 Å². The van der Waals surface area contributed by atoms with Crippen molar-refractivity contribution >= 4 is 16.9 Å². The van der Waals surface area contributed by atoms with Crippen molar-refractivity contribution in [3.8, 4) is 11.5 Å². The summed E-state index contributed by atoms with van der Waals surface area (Å²) in [7, 11) is 1.51. The fourth-order valence-corrected chi connectivity index (χ4v) is 5.46. The van der Waals surface area contributed by atoms with Gasteiger partial charge in [-0.2, -0.15) is 4.39 Å². The minimum Gasteiger partial charge on any atom is -0.497 e. The number of benzene rings is 2. The van der Waals surface area contributed by atoms with Crippen LogP contribution >= 0.6 is 0 Å². The number of ether oxygens (including phenoxy) is 2. The third-order valence-corrected chi connectivity index (χ3v) is 7.69. The van der Waals surface area contributed by atoms with Gasteiger partial charge in [-0.15, -0.1) is 0 Å². The second-order valence-electron chi connectivity index (χ2n) is 10.2. The highest BCUT2D eigenvalue weighted by atomic mass is 19.2. The molecule has 0 unspecified atom stereocenters. The van der Waals surface area contributed by atoms with Crippen LogP contribution in [0.1, 0.15) is 49.3 Å². The second kappa shape index (κ2) is 12.8. The van der Waals surface area contributed by atoms with Crippen molar-refractivity contribution in [2.75, 3.05) is 33.4 Å². The van der Waals surface area contributed by atoms with E-state index >= 15 is 0 Å². The zero-order valence-corrected chi connectivity index (χ0v) is 22.1. The van der Waals surface area contributed by atoms with Crippen molar-refractivity contribution in [3.63, 3.8) is 0 Å². The van der Waals surface area contributed by atoms with Crippen molar-refractivity contribution < 1.29 is 42.0 Å². The normalized spacial score (nSPS) is 16.1. The molecule has 0 radical (unpaired) electrons. The summed E-state index contributed by atoms with van der Waals surface area (Å²) in [4.78, 5) is 18.1. The van der Waals surface area contributed by atoms with E-state index < -0.39 is 47.4 Å². The van der Waals surface area contributed by atoms with Crippen molar-refractivity contribution in [1.82, 2.24) is 9.88 Å². The number of carboxylic acid groups (broad SMARTS) is 1. The number of nitrogens with zero attached hydrogens (tertiary/aromatic N) is 2. The number of aliphatic carboxylic acids is 1. The summed E-state index contributed by atoms with van der Waals surface area (Å²) in [5.41, 5.74) is 0.694. The number of rotatable bonds is 12. The molecule has 1 saturated heterocycles. The number of likely N-dealkylation sites (tertiary alicyclic amines) is 1. The number of piperidine rings is 1. The Morgan fingerprint density at radius 3 is 2.60 bits per heavy atom. The van der Waals surface area contributed by atoms with Gasteiger partial charge in [-0.05, 0) is 68.0 Å². The fourth-order valence-electron chi connectivity index (χ4n) is 5.46. The van der Waals surface area contributed by atoms with Crippen LogP contribution in [0.3, 0.4) is 0 Å². The van der Waals surface area contributed by atoms with Crippen molar-refractivity contribution in [2.24, 2.45) is 5.41 Å². The highest BCUT2D eigenvalue weighted by Gasteiger charge is 2.37. The van der Waals surface area contributed by atoms with E-state index in [1.54, 1.807) is 18.2 Å². The smallest absolute Gasteiger partial charge is 0.303 e. The minimum absolute atomic E-state index is 0.00492. The maximum atomic E-state index is 13.9. The number of aliphatic hydroxyl groups is 1. The fraction of sp³-hybridized carbons (Fsp3) is 0.448. The highest BCUT2D eigenvalue weighted by molar-refractivity contribution is 5.85. The zero-order chi connectivity index (χ0) is 28.9. The standard InChI is InChI=1S/C29H32F4N2O5/c1-39-20-2-3-23-21(14-20)27(18(16-30)17-34-23)24(36)4-5-29(15-26(37)38)6-8-35(9-7-29)10-11-40-25-13-19(31)12-22(32)28(25)33/h2-3,12-14,17,24,36H,4-11,15-16H2,1H3,(H,37,38)/t24-/m0/s1. The Morgan fingerprint density at radius 2 is 1.93 bits per heavy atom. The van der Waals surface area contributed by atoms with E-state index in [0.717, 1.165) is 6.07 Å². The molecule has 1 aliphatic heterocycles. The molecule has 0 bridgehead atoms. The Balaban J connectivity index is 1.41. The summed E-state index contributed by atoms with van der Waals surface area (Å²) < 4.78 is 65.0. The molecule has 0 saturated carbocycles. The molecule has 1 aromatic heterocycles. The van der Waals surface area contributed by atoms with Crippen LogP contribution in [0, 0.1) is 22.9 Å². The van der Waals surface area contributed by atoms with Crippen LogP contribution in [-0.4, -0.2) is 59.4 Å². The molecule has 7 nitrogen and oxygen atoms in total. The van der Waals surface area contributed by atoms with E-state index in [1.165, 1.54) is 13.3 Å². The van der Waals surface area contributed by atoms with Crippen molar-refractivity contribution in [2.45, 2.75) is 44.9 Å². The second-order valence-corrected chi connectivity index (χ2v) is 10.2. The Morgan fingerprint density at radius 1 is 1.18 bits per heavy atom. The first kappa shape index (κ1) is 29.5. The molecule has 0 aliphatic carbocycles. The third-order valence-electron chi connectivity index (χ3n) is 7.69. The van der Waals surface area contributed by atoms with Crippen LogP contribution in [0.5, 0.6) is 11.5 Å². The number of aromatic nitrogens is 1. The number of halogens is 4. The van der Waals surface area contributed by atoms with Gasteiger partial charge in [-0.3, -0.25) is 14.7 Å². The number of methoxy groups -OCH3 is 1. The molecular weight excluding hydrogens is 532 g/mol. The molecule has 216 valence electrons. The topological polar surface area (TPSA) is 92.1 Å². The number of carbonyl (C=O) groups is 1. The lowest BCUT2D eigenvalue weighted by atomic mass is 9.71. The molecule has 1 fully saturated rings. The molecule has 11 heteroatoms. The monoisotopic (exact) mass is 564 g/mol. The average molecular weight is 565 g/mol. The lowest BCUT2D eigenvalue weighted by Crippen LogP contribution is -2.42. The summed E-state index contributed by atoms with van der Waals surface area (Å²) in [6, 6.07) is 6.40. The van der Waals surface area contributed by atoms with Crippen molar-refractivity contribution in [3.05, 3.63) is 65.1 Å². The van der Waals surface area contributed by atoms with E-state index in [9.17, 15) is 32.6 Å². The average Bonchev–Trinajstić information content (AvgIpc) is 2.94. The van der Waals surface area contributed by atoms with Crippen LogP contribution in [0.4, 0.5) is 17.6 Å². The number of hydrogen-bond acceptors (Lipinski definition) is 6. The van der Waals surface area contributed by atoms with Crippen LogP contribution in [0.15, 0.2) is 36.5 Å². The first-order valence-electron chi connectivity index (χ1n) is 13.1. The van der Waals surface area contributed by atoms with Crippen LogP contribution in [-0.2, 0) is 11.5 Å². The molecule has 2 N–H and O–H groups in total. The molecule has 0 amide bonds. The largest absolute Gasteiger partial charge is 0.497 e. The number of carboxylic acids is 1. The lowest BCUT2D eigenvalue weighted by molar-refractivity contribution is -0.141. The number of pyridine rings is 1. The highest BCUT2D eigenvalue weighted by Crippen LogP contribution is 2.42. The van der Waals surface area contributed by atoms with E-state index in [-0.39, 0.29) is 25.0 Å². The number of aliphatic hydroxyl groups excluding tert-OH is 1. The maximum absolute atomic E-state index is 13.9. The predicted octanol–water partition coefficient (Wildman–Crippen LogP) is 5.58. The van der Waals surface area contributed by atoms with Gasteiger partial charge < -0.3 is 19.7 Å². The van der Waals surface area contributed by atoms with Gasteiger partial charge in [0.25, 0.3) is 0 Å². The number of alkyl halides is 1. The Hall–Kier alpha value is -3.44. The Kier molecular flexibility index (Phi) is 9.47. The number of fused-ring (bicyclic) bond motifs is 1. The molecule has 0 spiro atoms. The van der Waals surface area contributed by atoms with E-state index in [0.29, 0.717) is 67.2 Å². The van der Waals surface area contributed by atoms with Crippen LogP contribution < -0.4 is 9.47 Å². The first-order chi connectivity index (χ1) is 19.1. The van der Waals surface area contributed by atoms with Crippen LogP contribution in [0.2, 0.25) is 0 Å². The molecule has 3 aromatic rings. The molecule has 2 aromatic carbocycles. The maximum Gasteiger partial charge on any atom is 0.303 e. The van der Waals surface area contributed by atoms with E-state index in [2.05, 4.69) is 4.98 Å². The van der Waals surface area contributed by atoms with Gasteiger partial charge in [0.15, 0.2) is 11.6 Å². The summed E-state index contributed by atoms with van der Waals surface area (Å²) in [5.74, 6) is -4.43. The van der Waals surface area contributed by atoms with Gasteiger partial charge in [0.1, 0.15) is 24.8 Å². The summed E-state index contributed by atoms with van der Waals surface area (Å²) in [6.07, 6.45) is 1.96. The van der Waals surface area contributed by atoms with Gasteiger partial charge in [0.05, 0.1) is 25.2 Å². The summed E-state index contributed by atoms with van der Waals surface area (Å²) >= 11 is 0. The van der Waals surface area contributed by atoms with Gasteiger partial charge in [-0.25, -0.2) is 13.2 Å². The zero-order valence-electron chi connectivity index (χ0n) is 22.1. The summed E-state index contributed by atoms with van der Waals surface area (Å²) in [5, 5.41) is 21.4. The van der Waals surface area contributed by atoms with Gasteiger partial charge >= 0.3 is 5.97 Å². The Bertz CT molecular complexity index is 1340. The number of hydrogen-bond donors (Lipinski definition) is 2. The SMILES string of the molecule is COc1ccc2ncc(CF)c([C@@H](O)CCC3(CC(=O)O)CCN(CCOc4cc(F)cc(F)c4F)CC3)c2c1. The van der Waals surface area contributed by atoms with Gasteiger partial charge in [0.2, 0.25) is 5.82 Å². The lowest BCUT2D eigenvalue weighted by Gasteiger charge is -2.41. The molecule has 1 atom stereocenters. The van der Waals surface area contributed by atoms with Gasteiger partial charge in [-0.1, -0.05) is 0 Å². The van der Waals surface area contributed by atoms with Crippen molar-refractivity contribution in [1.29, 1.82) is 0 Å². The molecule has 2 heterocycles. The Labute approximate surface area is 229 Å². The quantitative estimate of drug-likeness (QED) is 0.219. The van der Waals surface area contributed by atoms with Crippen LogP contribution in [0.25, 0.3) is 10.9 Å². The predicted molar refractivity (Wildman–Crippen MR) is 139 cm³/mol. The third kappa shape index (κ3) is 6.82. The molecule has 4 rings (SSSR count). The molecule has 1 aliphatic rings. The van der Waals surface area contributed by atoms with E-state index in [1.807, 2.05) is 4.90 Å². The minimum atomic E-state index is -1.33. The van der Waals surface area contributed by atoms with Gasteiger partial charge in [0, 0.05) is 35.8 Å².